The lowest BCUT2D eigenvalue weighted by Crippen LogP contribution is -2.38. The molecule has 13 heavy (non-hydrogen) atoms. The lowest BCUT2D eigenvalue weighted by Gasteiger charge is -2.28. The smallest absolute Gasteiger partial charge is 0.0906 e. The van der Waals surface area contributed by atoms with Gasteiger partial charge in [-0.3, -0.25) is 4.39 Å². The van der Waals surface area contributed by atoms with Crippen molar-refractivity contribution in [2.75, 3.05) is 26.8 Å². The Kier molecular flexibility index (Phi) is 4.67. The molecular formula is C10H21FN2. The van der Waals surface area contributed by atoms with Gasteiger partial charge in [-0.1, -0.05) is 6.42 Å². The molecule has 0 heterocycles. The largest absolute Gasteiger partial charge is 0.330 e. The van der Waals surface area contributed by atoms with Crippen molar-refractivity contribution in [2.24, 2.45) is 11.7 Å². The predicted molar refractivity (Wildman–Crippen MR) is 53.4 cm³/mol. The van der Waals surface area contributed by atoms with E-state index in [1.54, 1.807) is 0 Å². The zero-order valence-electron chi connectivity index (χ0n) is 8.51. The van der Waals surface area contributed by atoms with Crippen LogP contribution in [0.3, 0.4) is 0 Å². The third-order valence-corrected chi connectivity index (χ3v) is 3.13. The molecule has 1 aliphatic carbocycles. The van der Waals surface area contributed by atoms with Gasteiger partial charge in [0.2, 0.25) is 0 Å². The van der Waals surface area contributed by atoms with Gasteiger partial charge >= 0.3 is 0 Å². The predicted octanol–water partition coefficient (Wildman–Crippen LogP) is 1.41. The SMILES string of the molecule is CN(CCCF)C1CCCC1CN. The maximum atomic E-state index is 12.0. The minimum atomic E-state index is -0.204. The number of alkyl halides is 1. The summed E-state index contributed by atoms with van der Waals surface area (Å²) >= 11 is 0. The zero-order chi connectivity index (χ0) is 9.68. The molecule has 1 saturated carbocycles. The van der Waals surface area contributed by atoms with Crippen LogP contribution < -0.4 is 5.73 Å². The second-order valence-corrected chi connectivity index (χ2v) is 4.02. The van der Waals surface area contributed by atoms with Gasteiger partial charge < -0.3 is 10.6 Å². The highest BCUT2D eigenvalue weighted by molar-refractivity contribution is 4.84. The van der Waals surface area contributed by atoms with E-state index in [4.69, 9.17) is 5.73 Å². The fourth-order valence-electron chi connectivity index (χ4n) is 2.35. The van der Waals surface area contributed by atoms with E-state index < -0.39 is 0 Å². The van der Waals surface area contributed by atoms with E-state index in [-0.39, 0.29) is 6.67 Å². The molecule has 78 valence electrons. The van der Waals surface area contributed by atoms with Gasteiger partial charge in [0.25, 0.3) is 0 Å². The Morgan fingerprint density at radius 3 is 2.85 bits per heavy atom. The van der Waals surface area contributed by atoms with Gasteiger partial charge in [-0.25, -0.2) is 0 Å². The molecule has 0 saturated heterocycles. The summed E-state index contributed by atoms with van der Waals surface area (Å²) in [7, 11) is 2.09. The van der Waals surface area contributed by atoms with E-state index in [1.165, 1.54) is 19.3 Å². The highest BCUT2D eigenvalue weighted by Gasteiger charge is 2.28. The Balaban J connectivity index is 2.31. The van der Waals surface area contributed by atoms with Crippen LogP contribution >= 0.6 is 0 Å². The van der Waals surface area contributed by atoms with E-state index in [9.17, 15) is 4.39 Å². The van der Waals surface area contributed by atoms with Crippen LogP contribution in [-0.4, -0.2) is 37.8 Å². The monoisotopic (exact) mass is 188 g/mol. The average molecular weight is 188 g/mol. The second-order valence-electron chi connectivity index (χ2n) is 4.02. The van der Waals surface area contributed by atoms with E-state index in [0.29, 0.717) is 18.4 Å². The zero-order valence-corrected chi connectivity index (χ0v) is 8.51. The maximum Gasteiger partial charge on any atom is 0.0906 e. The van der Waals surface area contributed by atoms with Crippen LogP contribution in [0.25, 0.3) is 0 Å². The van der Waals surface area contributed by atoms with Gasteiger partial charge in [0.1, 0.15) is 0 Å². The van der Waals surface area contributed by atoms with Crippen LogP contribution in [0.15, 0.2) is 0 Å². The normalized spacial score (nSPS) is 28.6. The lowest BCUT2D eigenvalue weighted by molar-refractivity contribution is 0.193. The van der Waals surface area contributed by atoms with Crippen LogP contribution in [0.1, 0.15) is 25.7 Å². The third kappa shape index (κ3) is 2.92. The Morgan fingerprint density at radius 2 is 2.23 bits per heavy atom. The molecule has 0 bridgehead atoms. The van der Waals surface area contributed by atoms with Crippen LogP contribution in [0.2, 0.25) is 0 Å². The van der Waals surface area contributed by atoms with Crippen molar-refractivity contribution < 1.29 is 4.39 Å². The molecule has 2 nitrogen and oxygen atoms in total. The van der Waals surface area contributed by atoms with Crippen molar-refractivity contribution in [3.63, 3.8) is 0 Å². The van der Waals surface area contributed by atoms with Gasteiger partial charge in [-0.2, -0.15) is 0 Å². The molecule has 0 radical (unpaired) electrons. The van der Waals surface area contributed by atoms with Crippen LogP contribution in [0, 0.1) is 5.92 Å². The summed E-state index contributed by atoms with van der Waals surface area (Å²) in [5, 5.41) is 0. The Labute approximate surface area is 80.3 Å². The van der Waals surface area contributed by atoms with Crippen molar-refractivity contribution in [3.05, 3.63) is 0 Å². The van der Waals surface area contributed by atoms with Gasteiger partial charge in [-0.15, -0.1) is 0 Å². The van der Waals surface area contributed by atoms with Crippen molar-refractivity contribution in [2.45, 2.75) is 31.7 Å². The van der Waals surface area contributed by atoms with Crippen molar-refractivity contribution in [1.29, 1.82) is 0 Å². The summed E-state index contributed by atoms with van der Waals surface area (Å²) in [5.41, 5.74) is 5.69. The first-order valence-corrected chi connectivity index (χ1v) is 5.26. The molecule has 2 atom stereocenters. The van der Waals surface area contributed by atoms with Gasteiger partial charge in [-0.05, 0) is 38.8 Å². The van der Waals surface area contributed by atoms with Crippen molar-refractivity contribution in [1.82, 2.24) is 4.90 Å². The second kappa shape index (κ2) is 5.55. The summed E-state index contributed by atoms with van der Waals surface area (Å²) in [6.07, 6.45) is 4.43. The first-order chi connectivity index (χ1) is 6.29. The summed E-state index contributed by atoms with van der Waals surface area (Å²) < 4.78 is 12.0. The number of halogens is 1. The lowest BCUT2D eigenvalue weighted by atomic mass is 10.0. The molecule has 2 N–H and O–H groups in total. The molecule has 0 spiro atoms. The topological polar surface area (TPSA) is 29.3 Å². The molecule has 0 amide bonds. The first kappa shape index (κ1) is 10.9. The molecule has 1 fully saturated rings. The van der Waals surface area contributed by atoms with Crippen LogP contribution in [0.5, 0.6) is 0 Å². The van der Waals surface area contributed by atoms with Crippen LogP contribution in [0.4, 0.5) is 4.39 Å². The minimum absolute atomic E-state index is 0.204. The number of nitrogens with two attached hydrogens (primary N) is 1. The molecule has 2 unspecified atom stereocenters. The summed E-state index contributed by atoms with van der Waals surface area (Å²) in [6, 6.07) is 0.608. The molecule has 0 aromatic rings. The van der Waals surface area contributed by atoms with E-state index >= 15 is 0 Å². The van der Waals surface area contributed by atoms with E-state index in [0.717, 1.165) is 13.1 Å². The highest BCUT2D eigenvalue weighted by atomic mass is 19.1. The third-order valence-electron chi connectivity index (χ3n) is 3.13. The molecule has 0 aromatic heterocycles. The molecule has 0 aliphatic heterocycles. The molecule has 1 rings (SSSR count). The Morgan fingerprint density at radius 1 is 1.46 bits per heavy atom. The van der Waals surface area contributed by atoms with Gasteiger partial charge in [0.15, 0.2) is 0 Å². The highest BCUT2D eigenvalue weighted by Crippen LogP contribution is 2.28. The summed E-state index contributed by atoms with van der Waals surface area (Å²) in [5.74, 6) is 0.643. The van der Waals surface area contributed by atoms with E-state index in [2.05, 4.69) is 11.9 Å². The van der Waals surface area contributed by atoms with Crippen molar-refractivity contribution >= 4 is 0 Å². The van der Waals surface area contributed by atoms with Gasteiger partial charge in [0.05, 0.1) is 6.67 Å². The first-order valence-electron chi connectivity index (χ1n) is 5.26. The number of hydrogen-bond acceptors (Lipinski definition) is 2. The molecular weight excluding hydrogens is 167 g/mol. The number of nitrogens with zero attached hydrogens (tertiary/aromatic N) is 1. The average Bonchev–Trinajstić information content (AvgIpc) is 2.61. The fraction of sp³-hybridized carbons (Fsp3) is 1.00. The standard InChI is InChI=1S/C10H21FN2/c1-13(7-3-6-11)10-5-2-4-9(10)8-12/h9-10H,2-8,12H2,1H3. The quantitative estimate of drug-likeness (QED) is 0.706. The molecule has 3 heteroatoms. The molecule has 1 aliphatic rings. The Hall–Kier alpha value is -0.150. The van der Waals surface area contributed by atoms with Crippen LogP contribution in [-0.2, 0) is 0 Å². The summed E-state index contributed by atoms with van der Waals surface area (Å²) in [4.78, 5) is 2.28. The molecule has 0 aromatic carbocycles. The fourth-order valence-corrected chi connectivity index (χ4v) is 2.35. The van der Waals surface area contributed by atoms with E-state index in [1.807, 2.05) is 0 Å². The summed E-state index contributed by atoms with van der Waals surface area (Å²) in [6.45, 7) is 1.45. The number of hydrogen-bond donors (Lipinski definition) is 1. The minimum Gasteiger partial charge on any atom is -0.330 e. The van der Waals surface area contributed by atoms with Crippen molar-refractivity contribution in [3.8, 4) is 0 Å². The Bertz CT molecular complexity index is 141. The maximum absolute atomic E-state index is 12.0. The number of rotatable bonds is 5. The van der Waals surface area contributed by atoms with Gasteiger partial charge in [0, 0.05) is 12.6 Å².